The third-order valence-corrected chi connectivity index (χ3v) is 18.1. The van der Waals surface area contributed by atoms with Gasteiger partial charge in [0.15, 0.2) is 6.10 Å². The standard InChI is InChI=1S/C72H144NO8P/c1-6-8-10-12-14-16-18-20-22-24-26-28-29-30-31-32-33-34-35-36-37-38-39-40-41-42-43-45-47-49-51-53-55-57-59-61-63-65-72(75)81-70(69-80-82(76,77)79-67-66-73(3,4)5)68-78-71(74)64-62-60-58-56-54-52-50-48-46-44-27-25-23-21-19-17-15-13-11-9-7-2/h70H,6-69H2,1-5H3/p+1. The summed E-state index contributed by atoms with van der Waals surface area (Å²) >= 11 is 0. The molecule has 0 aromatic heterocycles. The van der Waals surface area contributed by atoms with Crippen LogP contribution in [-0.4, -0.2) is 74.9 Å². The fraction of sp³-hybridized carbons (Fsp3) is 0.972. The maximum Gasteiger partial charge on any atom is 0.472 e. The Morgan fingerprint density at radius 2 is 0.549 bits per heavy atom. The van der Waals surface area contributed by atoms with Gasteiger partial charge in [-0.05, 0) is 12.8 Å². The van der Waals surface area contributed by atoms with Gasteiger partial charge in [0.2, 0.25) is 0 Å². The largest absolute Gasteiger partial charge is 0.472 e. The summed E-state index contributed by atoms with van der Waals surface area (Å²) in [7, 11) is 1.51. The quantitative estimate of drug-likeness (QED) is 0.0278. The van der Waals surface area contributed by atoms with Gasteiger partial charge in [-0.3, -0.25) is 18.6 Å². The van der Waals surface area contributed by atoms with Crippen LogP contribution in [0.2, 0.25) is 0 Å². The van der Waals surface area contributed by atoms with E-state index in [1.54, 1.807) is 0 Å². The molecule has 0 bridgehead atoms. The van der Waals surface area contributed by atoms with Gasteiger partial charge in [0.1, 0.15) is 19.8 Å². The molecule has 0 fully saturated rings. The maximum absolute atomic E-state index is 12.9. The van der Waals surface area contributed by atoms with Crippen molar-refractivity contribution >= 4 is 19.8 Å². The van der Waals surface area contributed by atoms with Crippen LogP contribution in [0.15, 0.2) is 0 Å². The van der Waals surface area contributed by atoms with Crippen molar-refractivity contribution in [3.63, 3.8) is 0 Å². The number of hydrogen-bond donors (Lipinski definition) is 1. The molecule has 0 rings (SSSR count). The Morgan fingerprint density at radius 3 is 0.780 bits per heavy atom. The topological polar surface area (TPSA) is 108 Å². The molecule has 0 aliphatic heterocycles. The van der Waals surface area contributed by atoms with Gasteiger partial charge in [0.05, 0.1) is 27.7 Å². The lowest BCUT2D eigenvalue weighted by Crippen LogP contribution is -2.37. The molecule has 9 nitrogen and oxygen atoms in total. The average Bonchev–Trinajstić information content (AvgIpc) is 3.46. The van der Waals surface area contributed by atoms with Crippen LogP contribution in [0, 0.1) is 0 Å². The predicted molar refractivity (Wildman–Crippen MR) is 354 cm³/mol. The lowest BCUT2D eigenvalue weighted by Gasteiger charge is -2.24. The van der Waals surface area contributed by atoms with Gasteiger partial charge >= 0.3 is 19.8 Å². The minimum absolute atomic E-state index is 0.0377. The van der Waals surface area contributed by atoms with Crippen molar-refractivity contribution in [2.24, 2.45) is 0 Å². The zero-order chi connectivity index (χ0) is 59.8. The Kier molecular flexibility index (Phi) is 63.7. The summed E-state index contributed by atoms with van der Waals surface area (Å²) in [6.07, 6.45) is 78.1. The van der Waals surface area contributed by atoms with Crippen molar-refractivity contribution in [3.05, 3.63) is 0 Å². The maximum atomic E-state index is 12.9. The molecule has 0 aliphatic rings. The van der Waals surface area contributed by atoms with Crippen LogP contribution in [-0.2, 0) is 32.7 Å². The zero-order valence-electron chi connectivity index (χ0n) is 56.0. The van der Waals surface area contributed by atoms with Crippen molar-refractivity contribution < 1.29 is 42.1 Å². The van der Waals surface area contributed by atoms with Gasteiger partial charge < -0.3 is 18.9 Å². The van der Waals surface area contributed by atoms with E-state index in [2.05, 4.69) is 13.8 Å². The van der Waals surface area contributed by atoms with Crippen LogP contribution in [0.4, 0.5) is 0 Å². The fourth-order valence-corrected chi connectivity index (χ4v) is 12.2. The molecule has 82 heavy (non-hydrogen) atoms. The van der Waals surface area contributed by atoms with Gasteiger partial charge in [-0.2, -0.15) is 0 Å². The Hall–Kier alpha value is -0.990. The van der Waals surface area contributed by atoms with Crippen LogP contribution in [0.25, 0.3) is 0 Å². The van der Waals surface area contributed by atoms with Crippen LogP contribution in [0.5, 0.6) is 0 Å². The Labute approximate surface area is 512 Å². The number of carbonyl (C=O) groups is 2. The smallest absolute Gasteiger partial charge is 0.462 e. The van der Waals surface area contributed by atoms with Crippen LogP contribution in [0.3, 0.4) is 0 Å². The average molecular weight is 1180 g/mol. The van der Waals surface area contributed by atoms with E-state index >= 15 is 0 Å². The molecule has 0 spiro atoms. The summed E-state index contributed by atoms with van der Waals surface area (Å²) in [4.78, 5) is 35.9. The van der Waals surface area contributed by atoms with E-state index in [4.69, 9.17) is 18.5 Å². The third-order valence-electron chi connectivity index (χ3n) is 17.1. The summed E-state index contributed by atoms with van der Waals surface area (Å²) in [5, 5.41) is 0. The molecule has 0 saturated heterocycles. The number of quaternary nitrogens is 1. The van der Waals surface area contributed by atoms with Gasteiger partial charge in [0.25, 0.3) is 0 Å². The van der Waals surface area contributed by atoms with Crippen LogP contribution in [0.1, 0.15) is 399 Å². The van der Waals surface area contributed by atoms with Gasteiger partial charge in [0, 0.05) is 12.8 Å². The van der Waals surface area contributed by atoms with E-state index in [1.165, 1.54) is 334 Å². The van der Waals surface area contributed by atoms with Crippen molar-refractivity contribution in [3.8, 4) is 0 Å². The van der Waals surface area contributed by atoms with E-state index in [0.717, 1.165) is 38.5 Å². The van der Waals surface area contributed by atoms with Crippen molar-refractivity contribution in [1.82, 2.24) is 0 Å². The Bertz CT molecular complexity index is 1340. The summed E-state index contributed by atoms with van der Waals surface area (Å²) in [5.74, 6) is -0.767. The van der Waals surface area contributed by atoms with Gasteiger partial charge in [-0.25, -0.2) is 4.57 Å². The predicted octanol–water partition coefficient (Wildman–Crippen LogP) is 23.7. The number of phosphoric acid groups is 1. The monoisotopic (exact) mass is 1180 g/mol. The highest BCUT2D eigenvalue weighted by atomic mass is 31.2. The molecular formula is C72H145NO8P+. The first-order chi connectivity index (χ1) is 40.0. The van der Waals surface area contributed by atoms with Crippen molar-refractivity contribution in [1.29, 1.82) is 0 Å². The number of hydrogen-bond acceptors (Lipinski definition) is 7. The van der Waals surface area contributed by atoms with E-state index in [-0.39, 0.29) is 25.6 Å². The molecule has 0 amide bonds. The number of likely N-dealkylation sites (N-methyl/N-ethyl adjacent to an activating group) is 1. The molecule has 2 unspecified atom stereocenters. The molecule has 2 atom stereocenters. The first-order valence-corrected chi connectivity index (χ1v) is 38.3. The van der Waals surface area contributed by atoms with Crippen molar-refractivity contribution in [2.45, 2.75) is 405 Å². The Morgan fingerprint density at radius 1 is 0.329 bits per heavy atom. The van der Waals surface area contributed by atoms with E-state index in [1.807, 2.05) is 21.1 Å². The molecule has 10 heteroatoms. The van der Waals surface area contributed by atoms with Crippen LogP contribution >= 0.6 is 7.82 Å². The molecule has 0 aromatic rings. The number of unbranched alkanes of at least 4 members (excludes halogenated alkanes) is 56. The second-order valence-corrected chi connectivity index (χ2v) is 28.2. The number of rotatable bonds is 70. The molecule has 490 valence electrons. The number of phosphoric ester groups is 1. The SMILES string of the molecule is CCCCCCCCCCCCCCCCCCCCCCCCCCCCCCCCCCCCCCCC(=O)OC(COC(=O)CCCCCCCCCCCCCCCCCCCCCCC)COP(=O)(O)OCC[N+](C)(C)C. The summed E-state index contributed by atoms with van der Waals surface area (Å²) in [5.41, 5.74) is 0. The molecule has 0 saturated carbocycles. The fourth-order valence-electron chi connectivity index (χ4n) is 11.5. The molecule has 0 aromatic carbocycles. The summed E-state index contributed by atoms with van der Waals surface area (Å²) in [6.45, 7) is 4.53. The molecule has 0 aliphatic carbocycles. The minimum Gasteiger partial charge on any atom is -0.462 e. The lowest BCUT2D eigenvalue weighted by atomic mass is 10.0. The summed E-state index contributed by atoms with van der Waals surface area (Å²) in [6, 6.07) is 0. The van der Waals surface area contributed by atoms with Crippen molar-refractivity contribution in [2.75, 3.05) is 47.5 Å². The summed E-state index contributed by atoms with van der Waals surface area (Å²) < 4.78 is 34.7. The first kappa shape index (κ1) is 81.0. The number of carbonyl (C=O) groups excluding carboxylic acids is 2. The molecule has 0 radical (unpaired) electrons. The van der Waals surface area contributed by atoms with E-state index in [9.17, 15) is 19.0 Å². The number of ether oxygens (including phenoxy) is 2. The van der Waals surface area contributed by atoms with Gasteiger partial charge in [-0.1, -0.05) is 373 Å². The zero-order valence-corrected chi connectivity index (χ0v) is 56.9. The normalized spacial score (nSPS) is 13.0. The van der Waals surface area contributed by atoms with E-state index in [0.29, 0.717) is 17.4 Å². The third kappa shape index (κ3) is 68.1. The Balaban J connectivity index is 3.89. The van der Waals surface area contributed by atoms with Gasteiger partial charge in [-0.15, -0.1) is 0 Å². The molecule has 1 N–H and O–H groups in total. The van der Waals surface area contributed by atoms with E-state index < -0.39 is 26.5 Å². The number of esters is 2. The molecular weight excluding hydrogens is 1040 g/mol. The highest BCUT2D eigenvalue weighted by Crippen LogP contribution is 2.43. The second kappa shape index (κ2) is 64.5. The molecule has 0 heterocycles. The minimum atomic E-state index is -4.38. The highest BCUT2D eigenvalue weighted by Gasteiger charge is 2.27. The first-order valence-electron chi connectivity index (χ1n) is 36.8. The van der Waals surface area contributed by atoms with Crippen LogP contribution < -0.4 is 0 Å². The number of nitrogens with zero attached hydrogens (tertiary/aromatic N) is 1. The highest BCUT2D eigenvalue weighted by molar-refractivity contribution is 7.47. The second-order valence-electron chi connectivity index (χ2n) is 26.7. The lowest BCUT2D eigenvalue weighted by molar-refractivity contribution is -0.870.